The first-order valence-electron chi connectivity index (χ1n) is 11.5. The number of nitrogens with zero attached hydrogens (tertiary/aromatic N) is 4. The second-order valence-electron chi connectivity index (χ2n) is 9.40. The predicted octanol–water partition coefficient (Wildman–Crippen LogP) is 2.67. The van der Waals surface area contributed by atoms with Gasteiger partial charge in [0.25, 0.3) is 0 Å². The Hall–Kier alpha value is -2.40. The van der Waals surface area contributed by atoms with Gasteiger partial charge in [-0.3, -0.25) is 4.98 Å². The highest BCUT2D eigenvalue weighted by Gasteiger charge is 2.41. The molecule has 2 aliphatic carbocycles. The molecular formula is C23H30N6O3S. The molecule has 176 valence electrons. The first kappa shape index (κ1) is 22.4. The summed E-state index contributed by atoms with van der Waals surface area (Å²) in [4.78, 5) is 18.9. The third-order valence-electron chi connectivity index (χ3n) is 6.46. The summed E-state index contributed by atoms with van der Waals surface area (Å²) in [7, 11) is 0. The number of hydrogen-bond donors (Lipinski definition) is 5. The number of aryl methyl sites for hydroxylation is 1. The number of pyridine rings is 1. The van der Waals surface area contributed by atoms with Crippen LogP contribution in [-0.4, -0.2) is 66.2 Å². The van der Waals surface area contributed by atoms with Crippen LogP contribution in [0.1, 0.15) is 50.4 Å². The molecule has 9 nitrogen and oxygen atoms in total. The second kappa shape index (κ2) is 8.75. The molecule has 5 N–H and O–H groups in total. The molecule has 0 saturated heterocycles. The van der Waals surface area contributed by atoms with Crippen LogP contribution in [0.2, 0.25) is 0 Å². The summed E-state index contributed by atoms with van der Waals surface area (Å²) < 4.78 is 1.05. The quantitative estimate of drug-likeness (QED) is 0.353. The Labute approximate surface area is 196 Å². The Morgan fingerprint density at radius 2 is 1.91 bits per heavy atom. The Balaban J connectivity index is 1.58. The van der Waals surface area contributed by atoms with E-state index in [1.165, 1.54) is 0 Å². The fourth-order valence-electron chi connectivity index (χ4n) is 4.44. The maximum absolute atomic E-state index is 10.6. The van der Waals surface area contributed by atoms with E-state index in [4.69, 9.17) is 15.0 Å². The van der Waals surface area contributed by atoms with Crippen molar-refractivity contribution in [2.24, 2.45) is 5.92 Å². The van der Waals surface area contributed by atoms with Gasteiger partial charge in [-0.15, -0.1) is 11.3 Å². The smallest absolute Gasteiger partial charge is 0.225 e. The van der Waals surface area contributed by atoms with Crippen LogP contribution >= 0.6 is 11.3 Å². The molecule has 0 aromatic carbocycles. The van der Waals surface area contributed by atoms with Crippen LogP contribution in [0.3, 0.4) is 0 Å². The van der Waals surface area contributed by atoms with E-state index in [9.17, 15) is 15.3 Å². The lowest BCUT2D eigenvalue weighted by atomic mass is 10.1. The third kappa shape index (κ3) is 4.28. The van der Waals surface area contributed by atoms with Gasteiger partial charge in [0.15, 0.2) is 0 Å². The van der Waals surface area contributed by atoms with Crippen molar-refractivity contribution in [3.8, 4) is 10.6 Å². The van der Waals surface area contributed by atoms with E-state index >= 15 is 0 Å². The number of anilines is 2. The average Bonchev–Trinajstić information content (AvgIpc) is 3.42. The van der Waals surface area contributed by atoms with Crippen LogP contribution in [0, 0.1) is 12.8 Å². The molecule has 10 heteroatoms. The summed E-state index contributed by atoms with van der Waals surface area (Å²) in [6.07, 6.45) is 2.47. The zero-order chi connectivity index (χ0) is 23.3. The molecule has 0 aliphatic heterocycles. The molecule has 0 bridgehead atoms. The zero-order valence-corrected chi connectivity index (χ0v) is 19.8. The van der Waals surface area contributed by atoms with Crippen LogP contribution in [0.4, 0.5) is 11.8 Å². The van der Waals surface area contributed by atoms with Crippen LogP contribution in [0.15, 0.2) is 12.3 Å². The Kier molecular flexibility index (Phi) is 5.94. The predicted molar refractivity (Wildman–Crippen MR) is 129 cm³/mol. The van der Waals surface area contributed by atoms with Crippen LogP contribution in [0.5, 0.6) is 0 Å². The van der Waals surface area contributed by atoms with Crippen LogP contribution in [-0.2, 0) is 0 Å². The first-order valence-corrected chi connectivity index (χ1v) is 12.3. The van der Waals surface area contributed by atoms with E-state index in [-0.39, 0.29) is 18.4 Å². The molecular weight excluding hydrogens is 440 g/mol. The lowest BCUT2D eigenvalue weighted by Crippen LogP contribution is -2.35. The molecule has 3 aromatic rings. The lowest BCUT2D eigenvalue weighted by Gasteiger charge is -2.21. The van der Waals surface area contributed by atoms with Crippen molar-refractivity contribution in [3.63, 3.8) is 0 Å². The molecule has 33 heavy (non-hydrogen) atoms. The standard InChI is InChI=1S/C23H30N6O3S/c1-10(2)17-18-15(6-7-24-17)33-22(28-18)16-11(3)25-23(26-13-4-5-13)29-21(16)27-14-8-12(9-30)19(31)20(14)32/h6-7,10,12-14,19-20,30-32H,4-5,8-9H2,1-3H3,(H2,25,26,27,29)/t12-,14?,19-,20+/m1/s1. The number of aliphatic hydroxyl groups excluding tert-OH is 3. The van der Waals surface area contributed by atoms with Gasteiger partial charge in [0.2, 0.25) is 5.95 Å². The number of aromatic nitrogens is 4. The number of hydrogen-bond acceptors (Lipinski definition) is 10. The highest BCUT2D eigenvalue weighted by atomic mass is 32.1. The summed E-state index contributed by atoms with van der Waals surface area (Å²) in [5, 5.41) is 37.9. The number of aliphatic hydroxyl groups is 3. The van der Waals surface area contributed by atoms with Gasteiger partial charge in [-0.2, -0.15) is 4.98 Å². The summed E-state index contributed by atoms with van der Waals surface area (Å²) in [5.74, 6) is 0.974. The maximum atomic E-state index is 10.6. The van der Waals surface area contributed by atoms with Gasteiger partial charge in [-0.05, 0) is 38.2 Å². The van der Waals surface area contributed by atoms with Crippen molar-refractivity contribution < 1.29 is 15.3 Å². The Morgan fingerprint density at radius 1 is 1.12 bits per heavy atom. The summed E-state index contributed by atoms with van der Waals surface area (Å²) in [6.45, 7) is 5.96. The molecule has 4 atom stereocenters. The van der Waals surface area contributed by atoms with Gasteiger partial charge in [0.05, 0.1) is 33.8 Å². The van der Waals surface area contributed by atoms with Crippen molar-refractivity contribution in [3.05, 3.63) is 23.7 Å². The molecule has 0 radical (unpaired) electrons. The summed E-state index contributed by atoms with van der Waals surface area (Å²) in [5.41, 5.74) is 3.40. The number of fused-ring (bicyclic) bond motifs is 1. The minimum absolute atomic E-state index is 0.177. The van der Waals surface area contributed by atoms with Crippen LogP contribution < -0.4 is 10.6 Å². The molecule has 2 aliphatic rings. The SMILES string of the molecule is Cc1nc(NC2CC2)nc(NC2C[C@H](CO)[C@@H](O)[C@H]2O)c1-c1nc2c(C(C)C)nccc2s1. The molecule has 3 heterocycles. The van der Waals surface area contributed by atoms with Crippen molar-refractivity contribution in [2.45, 2.75) is 70.2 Å². The number of nitrogens with one attached hydrogen (secondary N) is 2. The van der Waals surface area contributed by atoms with E-state index in [1.54, 1.807) is 11.3 Å². The highest BCUT2D eigenvalue weighted by Crippen LogP contribution is 2.39. The Morgan fingerprint density at radius 3 is 2.58 bits per heavy atom. The maximum Gasteiger partial charge on any atom is 0.225 e. The largest absolute Gasteiger partial charge is 0.396 e. The van der Waals surface area contributed by atoms with Crippen molar-refractivity contribution in [1.82, 2.24) is 19.9 Å². The summed E-state index contributed by atoms with van der Waals surface area (Å²) in [6, 6.07) is 1.92. The van der Waals surface area contributed by atoms with E-state index in [0.717, 1.165) is 45.0 Å². The van der Waals surface area contributed by atoms with Crippen molar-refractivity contribution >= 4 is 33.3 Å². The highest BCUT2D eigenvalue weighted by molar-refractivity contribution is 7.21. The van der Waals surface area contributed by atoms with Crippen molar-refractivity contribution in [1.29, 1.82) is 0 Å². The van der Waals surface area contributed by atoms with Gasteiger partial charge in [-0.1, -0.05) is 13.8 Å². The zero-order valence-electron chi connectivity index (χ0n) is 19.0. The normalized spacial score (nSPS) is 25.2. The Bertz CT molecular complexity index is 1160. The minimum atomic E-state index is -1.00. The van der Waals surface area contributed by atoms with Gasteiger partial charge >= 0.3 is 0 Å². The molecule has 2 fully saturated rings. The molecule has 3 aromatic heterocycles. The third-order valence-corrected chi connectivity index (χ3v) is 7.49. The first-order chi connectivity index (χ1) is 15.9. The van der Waals surface area contributed by atoms with E-state index in [1.807, 2.05) is 19.2 Å². The number of thiazole rings is 1. The van der Waals surface area contributed by atoms with Gasteiger partial charge in [0, 0.05) is 24.8 Å². The minimum Gasteiger partial charge on any atom is -0.396 e. The van der Waals surface area contributed by atoms with E-state index in [2.05, 4.69) is 29.5 Å². The molecule has 0 amide bonds. The van der Waals surface area contributed by atoms with Gasteiger partial charge in [0.1, 0.15) is 22.4 Å². The van der Waals surface area contributed by atoms with Gasteiger partial charge in [-0.25, -0.2) is 9.97 Å². The van der Waals surface area contributed by atoms with E-state index < -0.39 is 18.2 Å². The monoisotopic (exact) mass is 470 g/mol. The summed E-state index contributed by atoms with van der Waals surface area (Å²) >= 11 is 1.56. The fourth-order valence-corrected chi connectivity index (χ4v) is 5.50. The molecule has 1 unspecified atom stereocenters. The molecule has 5 rings (SSSR count). The molecule has 0 spiro atoms. The second-order valence-corrected chi connectivity index (χ2v) is 10.4. The molecule has 2 saturated carbocycles. The number of rotatable bonds is 7. The lowest BCUT2D eigenvalue weighted by molar-refractivity contribution is 0.00446. The average molecular weight is 471 g/mol. The van der Waals surface area contributed by atoms with E-state index in [0.29, 0.717) is 24.2 Å². The fraction of sp³-hybridized carbons (Fsp3) is 0.565. The van der Waals surface area contributed by atoms with Gasteiger partial charge < -0.3 is 26.0 Å². The topological polar surface area (TPSA) is 136 Å². The van der Waals surface area contributed by atoms with Crippen molar-refractivity contribution in [2.75, 3.05) is 17.2 Å². The van der Waals surface area contributed by atoms with Crippen LogP contribution in [0.25, 0.3) is 20.8 Å².